The van der Waals surface area contributed by atoms with Crippen molar-refractivity contribution in [1.29, 1.82) is 0 Å². The average Bonchev–Trinajstić information content (AvgIpc) is 2.78. The van der Waals surface area contributed by atoms with Crippen molar-refractivity contribution >= 4 is 10.0 Å². The highest BCUT2D eigenvalue weighted by Gasteiger charge is 2.19. The van der Waals surface area contributed by atoms with Crippen LogP contribution >= 0.6 is 0 Å². The van der Waals surface area contributed by atoms with Gasteiger partial charge in [-0.25, -0.2) is 17.9 Å². The molecule has 2 rings (SSSR count). The highest BCUT2D eigenvalue weighted by molar-refractivity contribution is 7.89. The topological polar surface area (TPSA) is 166 Å². The molecule has 0 atom stereocenters. The van der Waals surface area contributed by atoms with Crippen molar-refractivity contribution in [2.45, 2.75) is 11.4 Å². The van der Waals surface area contributed by atoms with E-state index in [0.29, 0.717) is 0 Å². The molecule has 0 aliphatic heterocycles. The number of hydrogen-bond donors (Lipinski definition) is 4. The van der Waals surface area contributed by atoms with E-state index in [2.05, 4.69) is 30.3 Å². The molecule has 4 N–H and O–H groups in total. The Labute approximate surface area is 98.7 Å². The van der Waals surface area contributed by atoms with Crippen LogP contribution in [0.3, 0.4) is 0 Å². The van der Waals surface area contributed by atoms with Gasteiger partial charge in [0, 0.05) is 6.20 Å². The Morgan fingerprint density at radius 2 is 2.11 bits per heavy atom. The van der Waals surface area contributed by atoms with Gasteiger partial charge < -0.3 is 4.98 Å². The van der Waals surface area contributed by atoms with Gasteiger partial charge in [0.15, 0.2) is 10.7 Å². The average molecular weight is 273 g/mol. The lowest BCUT2D eigenvalue weighted by Gasteiger charge is -2.02. The predicted octanol–water partition coefficient (Wildman–Crippen LogP) is -2.95. The molecular weight excluding hydrogens is 266 g/mol. The van der Waals surface area contributed by atoms with Gasteiger partial charge in [-0.15, -0.1) is 10.2 Å². The summed E-state index contributed by atoms with van der Waals surface area (Å²) >= 11 is 0. The lowest BCUT2D eigenvalue weighted by molar-refractivity contribution is 0.577. The summed E-state index contributed by atoms with van der Waals surface area (Å²) in [5, 5.41) is 12.4. The lowest BCUT2D eigenvalue weighted by atomic mass is 10.6. The van der Waals surface area contributed by atoms with Crippen molar-refractivity contribution < 1.29 is 8.42 Å². The predicted molar refractivity (Wildman–Crippen MR) is 55.9 cm³/mol. The fraction of sp³-hybridized carbons (Fsp3) is 0.167. The van der Waals surface area contributed by atoms with Gasteiger partial charge in [-0.2, -0.15) is 5.21 Å². The quantitative estimate of drug-likeness (QED) is 0.462. The molecule has 2 aromatic rings. The third kappa shape index (κ3) is 2.49. The molecular formula is C6H7N7O4S. The summed E-state index contributed by atoms with van der Waals surface area (Å²) in [5.41, 5.74) is -1.81. The molecule has 18 heavy (non-hydrogen) atoms. The Hall–Kier alpha value is -2.34. The summed E-state index contributed by atoms with van der Waals surface area (Å²) in [5.74, 6) is 0.111. The smallest absolute Gasteiger partial charge is 0.313 e. The van der Waals surface area contributed by atoms with E-state index < -0.39 is 26.2 Å². The largest absolute Gasteiger partial charge is 0.325 e. The second-order valence-corrected chi connectivity index (χ2v) is 4.82. The number of aromatic amines is 3. The van der Waals surface area contributed by atoms with Crippen molar-refractivity contribution in [2.24, 2.45) is 0 Å². The molecule has 2 heterocycles. The lowest BCUT2D eigenvalue weighted by Crippen LogP contribution is -2.33. The first-order valence-corrected chi connectivity index (χ1v) is 6.01. The van der Waals surface area contributed by atoms with E-state index in [1.54, 1.807) is 4.98 Å². The highest BCUT2D eigenvalue weighted by Crippen LogP contribution is 1.98. The Kier molecular flexibility index (Phi) is 3.03. The fourth-order valence-electron chi connectivity index (χ4n) is 1.09. The van der Waals surface area contributed by atoms with Gasteiger partial charge in [0.1, 0.15) is 0 Å². The summed E-state index contributed by atoms with van der Waals surface area (Å²) in [7, 11) is -4.07. The van der Waals surface area contributed by atoms with Gasteiger partial charge >= 0.3 is 5.69 Å². The van der Waals surface area contributed by atoms with E-state index in [4.69, 9.17) is 0 Å². The summed E-state index contributed by atoms with van der Waals surface area (Å²) in [4.78, 5) is 25.3. The van der Waals surface area contributed by atoms with Crippen molar-refractivity contribution in [3.63, 3.8) is 0 Å². The van der Waals surface area contributed by atoms with Crippen LogP contribution in [0.2, 0.25) is 0 Å². The Morgan fingerprint density at radius 3 is 2.72 bits per heavy atom. The van der Waals surface area contributed by atoms with Crippen molar-refractivity contribution in [2.75, 3.05) is 0 Å². The molecule has 0 aromatic carbocycles. The van der Waals surface area contributed by atoms with E-state index in [0.717, 1.165) is 6.20 Å². The SMILES string of the molecule is O=c1[nH]cc(S(=O)(=O)NCc2nn[nH]n2)c(=O)[nH]1. The van der Waals surface area contributed by atoms with Crippen LogP contribution in [0.15, 0.2) is 20.7 Å². The van der Waals surface area contributed by atoms with Gasteiger partial charge in [0.2, 0.25) is 10.0 Å². The zero-order chi connectivity index (χ0) is 13.2. The number of H-pyrrole nitrogens is 3. The van der Waals surface area contributed by atoms with Crippen molar-refractivity contribution in [3.8, 4) is 0 Å². The molecule has 0 fully saturated rings. The van der Waals surface area contributed by atoms with Gasteiger partial charge in [-0.3, -0.25) is 9.78 Å². The number of nitrogens with one attached hydrogen (secondary N) is 4. The highest BCUT2D eigenvalue weighted by atomic mass is 32.2. The maximum atomic E-state index is 11.7. The van der Waals surface area contributed by atoms with Crippen LogP contribution in [0.4, 0.5) is 0 Å². The molecule has 0 spiro atoms. The minimum atomic E-state index is -4.07. The van der Waals surface area contributed by atoms with E-state index in [1.165, 1.54) is 0 Å². The zero-order valence-corrected chi connectivity index (χ0v) is 9.48. The van der Waals surface area contributed by atoms with Crippen LogP contribution in [0.25, 0.3) is 0 Å². The first kappa shape index (κ1) is 12.1. The van der Waals surface area contributed by atoms with E-state index in [9.17, 15) is 18.0 Å². The number of sulfonamides is 1. The van der Waals surface area contributed by atoms with Crippen LogP contribution in [0, 0.1) is 0 Å². The summed E-state index contributed by atoms with van der Waals surface area (Å²) in [6.07, 6.45) is 0.805. The molecule has 0 unspecified atom stereocenters. The summed E-state index contributed by atoms with van der Waals surface area (Å²) in [6, 6.07) is 0. The van der Waals surface area contributed by atoms with Crippen LogP contribution < -0.4 is 16.0 Å². The zero-order valence-electron chi connectivity index (χ0n) is 8.67. The maximum Gasteiger partial charge on any atom is 0.325 e. The molecule has 0 saturated heterocycles. The third-order valence-electron chi connectivity index (χ3n) is 1.88. The fourth-order valence-corrected chi connectivity index (χ4v) is 2.08. The van der Waals surface area contributed by atoms with E-state index >= 15 is 0 Å². The molecule has 0 bridgehead atoms. The number of hydrogen-bond acceptors (Lipinski definition) is 7. The molecule has 96 valence electrons. The van der Waals surface area contributed by atoms with Crippen LogP contribution in [0.1, 0.15) is 5.82 Å². The normalized spacial score (nSPS) is 11.6. The van der Waals surface area contributed by atoms with Gasteiger partial charge in [-0.1, -0.05) is 5.21 Å². The minimum absolute atomic E-state index is 0.111. The molecule has 0 aliphatic carbocycles. The van der Waals surface area contributed by atoms with Crippen molar-refractivity contribution in [3.05, 3.63) is 32.9 Å². The molecule has 11 nitrogen and oxygen atoms in total. The molecule has 0 amide bonds. The second-order valence-electron chi connectivity index (χ2n) is 3.09. The minimum Gasteiger partial charge on any atom is -0.313 e. The first-order valence-electron chi connectivity index (χ1n) is 4.53. The Bertz CT molecular complexity index is 743. The molecule has 0 saturated carbocycles. The maximum absolute atomic E-state index is 11.7. The van der Waals surface area contributed by atoms with Crippen LogP contribution in [0.5, 0.6) is 0 Å². The third-order valence-corrected chi connectivity index (χ3v) is 3.29. The number of aromatic nitrogens is 6. The second kappa shape index (κ2) is 4.50. The van der Waals surface area contributed by atoms with E-state index in [-0.39, 0.29) is 12.4 Å². The molecule has 12 heteroatoms. The Morgan fingerprint density at radius 1 is 1.33 bits per heavy atom. The number of tetrazole rings is 1. The van der Waals surface area contributed by atoms with Gasteiger partial charge in [0.25, 0.3) is 5.56 Å². The standard InChI is InChI=1S/C6H7N7O4S/c14-5-3(1-7-6(15)9-5)18(16,17)8-2-4-10-12-13-11-4/h1,8H,2H2,(H2,7,9,14,15)(H,10,11,12,13). The van der Waals surface area contributed by atoms with Crippen LogP contribution in [-0.2, 0) is 16.6 Å². The Balaban J connectivity index is 2.26. The number of nitrogens with zero attached hydrogens (tertiary/aromatic N) is 3. The number of rotatable bonds is 4. The molecule has 0 radical (unpaired) electrons. The van der Waals surface area contributed by atoms with Crippen molar-refractivity contribution in [1.82, 2.24) is 35.3 Å². The van der Waals surface area contributed by atoms with Gasteiger partial charge in [-0.05, 0) is 0 Å². The molecule has 2 aromatic heterocycles. The van der Waals surface area contributed by atoms with Crippen LogP contribution in [-0.4, -0.2) is 39.0 Å². The summed E-state index contributed by atoms with van der Waals surface area (Å²) in [6.45, 7) is -0.239. The summed E-state index contributed by atoms with van der Waals surface area (Å²) < 4.78 is 25.5. The monoisotopic (exact) mass is 273 g/mol. The van der Waals surface area contributed by atoms with E-state index in [1.807, 2.05) is 0 Å². The van der Waals surface area contributed by atoms with Gasteiger partial charge in [0.05, 0.1) is 6.54 Å². The molecule has 0 aliphatic rings. The first-order chi connectivity index (χ1) is 8.49.